The molecule has 5 heteroatoms. The smallest absolute Gasteiger partial charge is 0.0837 e. The lowest BCUT2D eigenvalue weighted by Crippen LogP contribution is -2.25. The fraction of sp³-hybridized carbons (Fsp3) is 0.400. The summed E-state index contributed by atoms with van der Waals surface area (Å²) in [6.07, 6.45) is 4.86. The summed E-state index contributed by atoms with van der Waals surface area (Å²) in [7, 11) is 1.93. The van der Waals surface area contributed by atoms with Crippen LogP contribution >= 0.6 is 23.4 Å². The van der Waals surface area contributed by atoms with Crippen LogP contribution in [0.3, 0.4) is 0 Å². The number of nitrogens with one attached hydrogen (secondary N) is 1. The Labute approximate surface area is 129 Å². The number of aromatic nitrogens is 2. The van der Waals surface area contributed by atoms with Crippen LogP contribution < -0.4 is 5.32 Å². The maximum atomic E-state index is 6.30. The van der Waals surface area contributed by atoms with E-state index in [1.165, 1.54) is 10.5 Å². The average molecular weight is 310 g/mol. The monoisotopic (exact) mass is 309 g/mol. The van der Waals surface area contributed by atoms with Gasteiger partial charge in [0.05, 0.1) is 23.0 Å². The van der Waals surface area contributed by atoms with Gasteiger partial charge in [-0.25, -0.2) is 0 Å². The van der Waals surface area contributed by atoms with Crippen molar-refractivity contribution < 1.29 is 0 Å². The van der Waals surface area contributed by atoms with Crippen LogP contribution in [-0.2, 0) is 7.05 Å². The van der Waals surface area contributed by atoms with Gasteiger partial charge in [0.2, 0.25) is 0 Å². The normalized spacial score (nSPS) is 12.6. The minimum absolute atomic E-state index is 0.0749. The third-order valence-electron chi connectivity index (χ3n) is 3.26. The molecule has 0 saturated carbocycles. The summed E-state index contributed by atoms with van der Waals surface area (Å²) in [6, 6.07) is 8.67. The largest absolute Gasteiger partial charge is 0.305 e. The third kappa shape index (κ3) is 3.37. The fourth-order valence-electron chi connectivity index (χ4n) is 2.20. The van der Waals surface area contributed by atoms with E-state index in [1.807, 2.05) is 11.7 Å². The number of benzene rings is 1. The van der Waals surface area contributed by atoms with E-state index in [2.05, 4.69) is 47.9 Å². The molecule has 20 heavy (non-hydrogen) atoms. The molecule has 0 fully saturated rings. The molecule has 1 heterocycles. The van der Waals surface area contributed by atoms with E-state index in [9.17, 15) is 0 Å². The van der Waals surface area contributed by atoms with Crippen LogP contribution in [0, 0.1) is 0 Å². The first-order chi connectivity index (χ1) is 9.67. The Morgan fingerprint density at radius 2 is 2.05 bits per heavy atom. The SMILES string of the molecule is CCCNC(c1ccc(SC)cc1)c1c(Cl)cnn1C. The van der Waals surface area contributed by atoms with E-state index in [-0.39, 0.29) is 6.04 Å². The van der Waals surface area contributed by atoms with Gasteiger partial charge in [-0.2, -0.15) is 5.10 Å². The van der Waals surface area contributed by atoms with Crippen molar-refractivity contribution >= 4 is 23.4 Å². The summed E-state index contributed by atoms with van der Waals surface area (Å²) < 4.78 is 1.85. The second-order valence-electron chi connectivity index (χ2n) is 4.66. The van der Waals surface area contributed by atoms with Gasteiger partial charge < -0.3 is 5.32 Å². The van der Waals surface area contributed by atoms with Crippen LogP contribution in [0.1, 0.15) is 30.6 Å². The molecule has 1 N–H and O–H groups in total. The maximum absolute atomic E-state index is 6.30. The molecule has 0 spiro atoms. The highest BCUT2D eigenvalue weighted by atomic mass is 35.5. The zero-order valence-electron chi connectivity index (χ0n) is 12.1. The topological polar surface area (TPSA) is 29.9 Å². The van der Waals surface area contributed by atoms with E-state index < -0.39 is 0 Å². The molecular formula is C15H20ClN3S. The predicted molar refractivity (Wildman–Crippen MR) is 86.6 cm³/mol. The quantitative estimate of drug-likeness (QED) is 0.821. The molecule has 0 aliphatic rings. The molecule has 0 bridgehead atoms. The molecule has 1 aromatic heterocycles. The van der Waals surface area contributed by atoms with Crippen molar-refractivity contribution in [1.82, 2.24) is 15.1 Å². The van der Waals surface area contributed by atoms with Gasteiger partial charge in [-0.15, -0.1) is 11.8 Å². The minimum atomic E-state index is 0.0749. The number of aryl methyl sites for hydroxylation is 1. The van der Waals surface area contributed by atoms with E-state index >= 15 is 0 Å². The molecule has 0 aliphatic carbocycles. The Hall–Kier alpha value is -0.970. The Morgan fingerprint density at radius 3 is 2.55 bits per heavy atom. The molecule has 108 valence electrons. The van der Waals surface area contributed by atoms with Crippen LogP contribution in [0.5, 0.6) is 0 Å². The van der Waals surface area contributed by atoms with Crippen molar-refractivity contribution in [2.24, 2.45) is 7.05 Å². The van der Waals surface area contributed by atoms with Crippen molar-refractivity contribution in [3.8, 4) is 0 Å². The highest BCUT2D eigenvalue weighted by Gasteiger charge is 2.20. The summed E-state index contributed by atoms with van der Waals surface area (Å²) in [5.41, 5.74) is 2.22. The van der Waals surface area contributed by atoms with Gasteiger partial charge >= 0.3 is 0 Å². The number of nitrogens with zero attached hydrogens (tertiary/aromatic N) is 2. The minimum Gasteiger partial charge on any atom is -0.305 e. The highest BCUT2D eigenvalue weighted by Crippen LogP contribution is 2.29. The average Bonchev–Trinajstić information content (AvgIpc) is 2.80. The number of hydrogen-bond acceptors (Lipinski definition) is 3. The number of hydrogen-bond donors (Lipinski definition) is 1. The summed E-state index contributed by atoms with van der Waals surface area (Å²) in [5.74, 6) is 0. The molecule has 0 radical (unpaired) electrons. The Kier molecular flexibility index (Phi) is 5.52. The first-order valence-corrected chi connectivity index (χ1v) is 8.32. The lowest BCUT2D eigenvalue weighted by Gasteiger charge is -2.20. The molecule has 1 atom stereocenters. The molecule has 2 rings (SSSR count). The van der Waals surface area contributed by atoms with Crippen LogP contribution in [0.2, 0.25) is 5.02 Å². The molecule has 0 saturated heterocycles. The molecule has 0 aliphatic heterocycles. The summed E-state index contributed by atoms with van der Waals surface area (Å²) in [4.78, 5) is 1.26. The Bertz CT molecular complexity index is 531. The second kappa shape index (κ2) is 7.16. The van der Waals surface area contributed by atoms with E-state index in [4.69, 9.17) is 11.6 Å². The van der Waals surface area contributed by atoms with Gasteiger partial charge in [-0.3, -0.25) is 4.68 Å². The van der Waals surface area contributed by atoms with Gasteiger partial charge in [0.25, 0.3) is 0 Å². The van der Waals surface area contributed by atoms with E-state index in [0.717, 1.165) is 18.7 Å². The first kappa shape index (κ1) is 15.4. The van der Waals surface area contributed by atoms with Crippen molar-refractivity contribution in [3.05, 3.63) is 46.7 Å². The Balaban J connectivity index is 2.36. The first-order valence-electron chi connectivity index (χ1n) is 6.72. The highest BCUT2D eigenvalue weighted by molar-refractivity contribution is 7.98. The second-order valence-corrected chi connectivity index (χ2v) is 5.95. The molecule has 1 unspecified atom stereocenters. The zero-order valence-corrected chi connectivity index (χ0v) is 13.6. The lowest BCUT2D eigenvalue weighted by molar-refractivity contribution is 0.553. The van der Waals surface area contributed by atoms with Gasteiger partial charge in [0, 0.05) is 11.9 Å². The van der Waals surface area contributed by atoms with Crippen LogP contribution in [0.25, 0.3) is 0 Å². The van der Waals surface area contributed by atoms with E-state index in [0.29, 0.717) is 5.02 Å². The van der Waals surface area contributed by atoms with Crippen molar-refractivity contribution in [3.63, 3.8) is 0 Å². The van der Waals surface area contributed by atoms with Crippen LogP contribution in [0.15, 0.2) is 35.4 Å². The molecular weight excluding hydrogens is 290 g/mol. The molecule has 1 aromatic carbocycles. The van der Waals surface area contributed by atoms with Crippen LogP contribution in [-0.4, -0.2) is 22.6 Å². The van der Waals surface area contributed by atoms with Crippen LogP contribution in [0.4, 0.5) is 0 Å². The Morgan fingerprint density at radius 1 is 1.35 bits per heavy atom. The third-order valence-corrected chi connectivity index (χ3v) is 4.29. The summed E-state index contributed by atoms with van der Waals surface area (Å²) >= 11 is 8.05. The molecule has 0 amide bonds. The number of rotatable bonds is 6. The fourth-order valence-corrected chi connectivity index (χ4v) is 2.89. The lowest BCUT2D eigenvalue weighted by atomic mass is 10.0. The van der Waals surface area contributed by atoms with Crippen molar-refractivity contribution in [2.75, 3.05) is 12.8 Å². The number of halogens is 1. The molecule has 2 aromatic rings. The molecule has 3 nitrogen and oxygen atoms in total. The summed E-state index contributed by atoms with van der Waals surface area (Å²) in [5, 5.41) is 8.50. The van der Waals surface area contributed by atoms with Crippen molar-refractivity contribution in [2.45, 2.75) is 24.3 Å². The maximum Gasteiger partial charge on any atom is 0.0837 e. The van der Waals surface area contributed by atoms with E-state index in [1.54, 1.807) is 18.0 Å². The zero-order chi connectivity index (χ0) is 14.5. The van der Waals surface area contributed by atoms with Gasteiger partial charge in [-0.1, -0.05) is 30.7 Å². The predicted octanol–water partition coefficient (Wildman–Crippen LogP) is 3.88. The number of thioether (sulfide) groups is 1. The van der Waals surface area contributed by atoms with Gasteiger partial charge in [0.1, 0.15) is 0 Å². The van der Waals surface area contributed by atoms with Gasteiger partial charge in [0.15, 0.2) is 0 Å². The van der Waals surface area contributed by atoms with Crippen molar-refractivity contribution in [1.29, 1.82) is 0 Å². The summed E-state index contributed by atoms with van der Waals surface area (Å²) in [6.45, 7) is 3.10. The standard InChI is InChI=1S/C15H20ClN3S/c1-4-9-17-14(15-13(16)10-18-19(15)2)11-5-7-12(20-3)8-6-11/h5-8,10,14,17H,4,9H2,1-3H3. The van der Waals surface area contributed by atoms with Gasteiger partial charge in [-0.05, 0) is 36.9 Å².